The summed E-state index contributed by atoms with van der Waals surface area (Å²) in [5.41, 5.74) is 4.16. The lowest BCUT2D eigenvalue weighted by Crippen LogP contribution is -2.47. The molecular weight excluding hydrogens is 683 g/mol. The Kier molecular flexibility index (Phi) is 10.9. The Morgan fingerprint density at radius 3 is 2.31 bits per heavy atom. The van der Waals surface area contributed by atoms with Gasteiger partial charge in [0.25, 0.3) is 5.56 Å². The molecular formula is C38H45ClF3N5O4. The van der Waals surface area contributed by atoms with E-state index in [9.17, 15) is 27.6 Å². The van der Waals surface area contributed by atoms with Gasteiger partial charge in [-0.05, 0) is 119 Å². The number of methoxy groups -OCH3 is 1. The predicted octanol–water partition coefficient (Wildman–Crippen LogP) is 6.41. The number of pyridine rings is 1. The zero-order valence-corrected chi connectivity index (χ0v) is 30.2. The Hall–Kier alpha value is -3.87. The highest BCUT2D eigenvalue weighted by molar-refractivity contribution is 6.32. The topological polar surface area (TPSA) is 95.9 Å². The van der Waals surface area contributed by atoms with Crippen LogP contribution in [0.3, 0.4) is 0 Å². The predicted molar refractivity (Wildman–Crippen MR) is 191 cm³/mol. The summed E-state index contributed by atoms with van der Waals surface area (Å²) in [5, 5.41) is 5.73. The Bertz CT molecular complexity index is 1860. The van der Waals surface area contributed by atoms with Gasteiger partial charge in [-0.3, -0.25) is 24.6 Å². The summed E-state index contributed by atoms with van der Waals surface area (Å²) in [6, 6.07) is 7.79. The average molecular weight is 728 g/mol. The van der Waals surface area contributed by atoms with E-state index in [1.165, 1.54) is 0 Å². The quantitative estimate of drug-likeness (QED) is 0.259. The van der Waals surface area contributed by atoms with Crippen LogP contribution in [-0.4, -0.2) is 71.6 Å². The third-order valence-electron chi connectivity index (χ3n) is 11.0. The van der Waals surface area contributed by atoms with Gasteiger partial charge in [0.05, 0.1) is 12.7 Å². The number of anilines is 1. The summed E-state index contributed by atoms with van der Waals surface area (Å²) in [6.45, 7) is 7.60. The van der Waals surface area contributed by atoms with Crippen LogP contribution in [0.25, 0.3) is 11.1 Å². The van der Waals surface area contributed by atoms with Crippen molar-refractivity contribution in [1.29, 1.82) is 0 Å². The van der Waals surface area contributed by atoms with Crippen LogP contribution in [0.4, 0.5) is 18.9 Å². The van der Waals surface area contributed by atoms with Crippen molar-refractivity contribution in [3.05, 3.63) is 79.7 Å². The van der Waals surface area contributed by atoms with Crippen LogP contribution in [0.2, 0.25) is 5.02 Å². The van der Waals surface area contributed by atoms with E-state index < -0.39 is 23.7 Å². The number of carbonyl (C=O) groups excluding carboxylic acids is 2. The first-order valence-corrected chi connectivity index (χ1v) is 17.9. The molecule has 0 radical (unpaired) electrons. The van der Waals surface area contributed by atoms with E-state index in [1.54, 1.807) is 30.9 Å². The first kappa shape index (κ1) is 36.9. The van der Waals surface area contributed by atoms with Crippen LogP contribution in [0, 0.1) is 13.8 Å². The van der Waals surface area contributed by atoms with E-state index in [2.05, 4.69) is 20.4 Å². The molecule has 2 amide bonds. The fourth-order valence-corrected chi connectivity index (χ4v) is 8.16. The number of alkyl halides is 3. The molecule has 274 valence electrons. The second-order valence-corrected chi connectivity index (χ2v) is 14.5. The molecule has 3 saturated heterocycles. The first-order chi connectivity index (χ1) is 24.2. The minimum absolute atomic E-state index is 0.0258. The maximum absolute atomic E-state index is 14.3. The smallest absolute Gasteiger partial charge is 0.416 e. The molecule has 2 N–H and O–H groups in total. The molecule has 3 fully saturated rings. The third kappa shape index (κ3) is 7.98. The molecule has 6 rings (SSSR count). The average Bonchev–Trinajstić information content (AvgIpc) is 3.11. The largest absolute Gasteiger partial charge is 0.496 e. The van der Waals surface area contributed by atoms with Gasteiger partial charge in [0.2, 0.25) is 11.8 Å². The minimum atomic E-state index is -4.53. The standard InChI is InChI=1S/C38H45ClF3N5O4/c1-22-23(2)37(50)45(3)20-29(22)25-17-32(39)30(34(18-25)51-4)21-46-13-11-27(12-14-46)47-15-9-24(10-16-47)28-6-5-26(19-31(28)38(40,41)42)43-33-7-8-35(48)44-36(33)49/h5-6,17-20,24,27,33,43H,7-16,21H2,1-4H3,(H,44,48,49). The van der Waals surface area contributed by atoms with Crippen LogP contribution in [-0.2, 0) is 29.4 Å². The monoisotopic (exact) mass is 727 g/mol. The van der Waals surface area contributed by atoms with Crippen molar-refractivity contribution < 1.29 is 27.5 Å². The van der Waals surface area contributed by atoms with E-state index in [4.69, 9.17) is 16.3 Å². The van der Waals surface area contributed by atoms with Crippen molar-refractivity contribution in [2.45, 2.75) is 83.1 Å². The number of carbonyl (C=O) groups is 2. The normalized spacial score (nSPS) is 20.0. The number of benzene rings is 2. The molecule has 1 aromatic heterocycles. The van der Waals surface area contributed by atoms with Gasteiger partial charge in [-0.1, -0.05) is 17.7 Å². The Balaban J connectivity index is 1.06. The van der Waals surface area contributed by atoms with Gasteiger partial charge in [0.15, 0.2) is 0 Å². The van der Waals surface area contributed by atoms with E-state index in [-0.39, 0.29) is 35.9 Å². The van der Waals surface area contributed by atoms with Gasteiger partial charge in [-0.2, -0.15) is 13.2 Å². The molecule has 1 unspecified atom stereocenters. The summed E-state index contributed by atoms with van der Waals surface area (Å²) in [4.78, 5) is 40.8. The number of hydrogen-bond acceptors (Lipinski definition) is 7. The van der Waals surface area contributed by atoms with Gasteiger partial charge in [-0.25, -0.2) is 0 Å². The van der Waals surface area contributed by atoms with Crippen LogP contribution in [0.5, 0.6) is 5.75 Å². The lowest BCUT2D eigenvalue weighted by molar-refractivity contribution is -0.138. The van der Waals surface area contributed by atoms with E-state index in [1.807, 2.05) is 32.2 Å². The van der Waals surface area contributed by atoms with E-state index in [0.29, 0.717) is 47.3 Å². The zero-order chi connectivity index (χ0) is 36.6. The fraction of sp³-hybridized carbons (Fsp3) is 0.500. The van der Waals surface area contributed by atoms with Crippen LogP contribution in [0.15, 0.2) is 41.3 Å². The lowest BCUT2D eigenvalue weighted by Gasteiger charge is -2.42. The Morgan fingerprint density at radius 2 is 1.67 bits per heavy atom. The van der Waals surface area contributed by atoms with Crippen molar-refractivity contribution in [2.75, 3.05) is 38.6 Å². The highest BCUT2D eigenvalue weighted by Gasteiger charge is 2.38. The molecule has 4 heterocycles. The van der Waals surface area contributed by atoms with Crippen molar-refractivity contribution >= 4 is 29.1 Å². The number of aryl methyl sites for hydroxylation is 1. The molecule has 2 aromatic carbocycles. The second kappa shape index (κ2) is 15.0. The maximum Gasteiger partial charge on any atom is 0.416 e. The molecule has 0 saturated carbocycles. The van der Waals surface area contributed by atoms with E-state index >= 15 is 0 Å². The number of hydrogen-bond donors (Lipinski definition) is 2. The van der Waals surface area contributed by atoms with Crippen LogP contribution in [0.1, 0.15) is 72.3 Å². The summed E-state index contributed by atoms with van der Waals surface area (Å²) < 4.78 is 50.2. The van der Waals surface area contributed by atoms with Crippen LogP contribution < -0.4 is 20.9 Å². The minimum Gasteiger partial charge on any atom is -0.496 e. The number of rotatable bonds is 8. The Labute approximate surface area is 301 Å². The maximum atomic E-state index is 14.3. The highest BCUT2D eigenvalue weighted by Crippen LogP contribution is 2.41. The SMILES string of the molecule is COc1cc(-c2cn(C)c(=O)c(C)c2C)cc(Cl)c1CN1CCC(N2CCC(c3ccc(NC4CCC(=O)NC4=O)cc3C(F)(F)F)CC2)CC1. The summed E-state index contributed by atoms with van der Waals surface area (Å²) >= 11 is 6.88. The van der Waals surface area contributed by atoms with Gasteiger partial charge >= 0.3 is 6.18 Å². The highest BCUT2D eigenvalue weighted by atomic mass is 35.5. The molecule has 0 bridgehead atoms. The molecule has 1 atom stereocenters. The Morgan fingerprint density at radius 1 is 0.961 bits per heavy atom. The molecule has 3 aliphatic rings. The van der Waals surface area contributed by atoms with Crippen molar-refractivity contribution in [1.82, 2.24) is 19.7 Å². The van der Waals surface area contributed by atoms with Gasteiger partial charge < -0.3 is 19.5 Å². The summed E-state index contributed by atoms with van der Waals surface area (Å²) in [5.74, 6) is -0.415. The molecule has 51 heavy (non-hydrogen) atoms. The molecule has 3 aliphatic heterocycles. The number of amides is 2. The van der Waals surface area contributed by atoms with Crippen molar-refractivity contribution in [3.63, 3.8) is 0 Å². The number of aromatic nitrogens is 1. The number of piperidine rings is 3. The number of likely N-dealkylation sites (tertiary alicyclic amines) is 2. The number of nitrogens with one attached hydrogen (secondary N) is 2. The third-order valence-corrected chi connectivity index (χ3v) is 11.3. The van der Waals surface area contributed by atoms with Gasteiger partial charge in [-0.15, -0.1) is 0 Å². The molecule has 13 heteroatoms. The zero-order valence-electron chi connectivity index (χ0n) is 29.5. The molecule has 0 spiro atoms. The number of ether oxygens (including phenoxy) is 1. The van der Waals surface area contributed by atoms with Crippen LogP contribution >= 0.6 is 11.6 Å². The number of halogens is 4. The van der Waals surface area contributed by atoms with Crippen molar-refractivity contribution in [2.24, 2.45) is 7.05 Å². The summed E-state index contributed by atoms with van der Waals surface area (Å²) in [6.07, 6.45) is 0.849. The first-order valence-electron chi connectivity index (χ1n) is 17.5. The lowest BCUT2D eigenvalue weighted by atomic mass is 9.85. The molecule has 3 aromatic rings. The summed E-state index contributed by atoms with van der Waals surface area (Å²) in [7, 11) is 3.38. The molecule has 9 nitrogen and oxygen atoms in total. The second-order valence-electron chi connectivity index (χ2n) is 14.1. The number of nitrogens with zero attached hydrogens (tertiary/aromatic N) is 3. The van der Waals surface area contributed by atoms with E-state index in [0.717, 1.165) is 67.3 Å². The van der Waals surface area contributed by atoms with Gasteiger partial charge in [0.1, 0.15) is 11.8 Å². The van der Waals surface area contributed by atoms with Crippen molar-refractivity contribution in [3.8, 4) is 16.9 Å². The fourth-order valence-electron chi connectivity index (χ4n) is 7.89. The molecule has 0 aliphatic carbocycles. The van der Waals surface area contributed by atoms with Gasteiger partial charge in [0, 0.05) is 59.7 Å². The number of imide groups is 1.